The van der Waals surface area contributed by atoms with Crippen LogP contribution in [0.3, 0.4) is 0 Å². The van der Waals surface area contributed by atoms with Crippen molar-refractivity contribution in [2.45, 2.75) is 43.6 Å². The molecule has 142 valence electrons. The minimum absolute atomic E-state index is 0.143. The maximum atomic E-state index is 13.5. The van der Waals surface area contributed by atoms with Crippen molar-refractivity contribution in [3.63, 3.8) is 0 Å². The summed E-state index contributed by atoms with van der Waals surface area (Å²) in [5.74, 6) is -0.342. The first-order valence-corrected chi connectivity index (χ1v) is 9.64. The predicted molar refractivity (Wildman–Crippen MR) is 99.2 cm³/mol. The zero-order valence-corrected chi connectivity index (χ0v) is 15.7. The second kappa shape index (κ2) is 7.43. The smallest absolute Gasteiger partial charge is 0.316 e. The Balaban J connectivity index is 1.48. The lowest BCUT2D eigenvalue weighted by molar-refractivity contribution is -0.136. The number of benzene rings is 1. The van der Waals surface area contributed by atoms with E-state index in [-0.39, 0.29) is 18.0 Å². The van der Waals surface area contributed by atoms with Crippen molar-refractivity contribution >= 4 is 17.5 Å². The molecule has 1 amide bonds. The van der Waals surface area contributed by atoms with E-state index < -0.39 is 11.2 Å². The molecule has 0 unspecified atom stereocenters. The van der Waals surface area contributed by atoms with Crippen LogP contribution in [0.5, 0.6) is 6.01 Å². The van der Waals surface area contributed by atoms with E-state index >= 15 is 0 Å². The van der Waals surface area contributed by atoms with Crippen molar-refractivity contribution in [2.75, 3.05) is 13.1 Å². The summed E-state index contributed by atoms with van der Waals surface area (Å²) >= 11 is 6.03. The average Bonchev–Trinajstić information content (AvgIpc) is 3.34. The predicted octanol–water partition coefficient (Wildman–Crippen LogP) is 3.76. The number of hydrogen-bond acceptors (Lipinski definition) is 4. The van der Waals surface area contributed by atoms with E-state index in [1.165, 1.54) is 0 Å². The van der Waals surface area contributed by atoms with Gasteiger partial charge >= 0.3 is 6.01 Å². The first kappa shape index (κ1) is 18.2. The highest BCUT2D eigenvalue weighted by atomic mass is 35.5. The molecule has 0 N–H and O–H groups in total. The summed E-state index contributed by atoms with van der Waals surface area (Å²) in [6, 6.07) is 7.80. The largest absolute Gasteiger partial charge is 0.458 e. The molecule has 5 nitrogen and oxygen atoms in total. The molecule has 2 fully saturated rings. The zero-order chi connectivity index (χ0) is 18.9. The van der Waals surface area contributed by atoms with Crippen LogP contribution in [0, 0.1) is 5.82 Å². The Labute approximate surface area is 162 Å². The maximum absolute atomic E-state index is 13.5. The van der Waals surface area contributed by atoms with Gasteiger partial charge in [0.05, 0.1) is 24.4 Å². The third-order valence-corrected chi connectivity index (χ3v) is 5.82. The van der Waals surface area contributed by atoms with E-state index in [2.05, 4.69) is 9.97 Å². The lowest BCUT2D eigenvalue weighted by atomic mass is 9.77. The van der Waals surface area contributed by atoms with E-state index in [1.54, 1.807) is 0 Å². The number of carbonyl (C=O) groups excluding carboxylic acids is 1. The van der Waals surface area contributed by atoms with Gasteiger partial charge in [0.1, 0.15) is 6.10 Å². The Kier molecular flexibility index (Phi) is 5.00. The fraction of sp³-hybridized carbons (Fsp3) is 0.450. The Morgan fingerprint density at radius 3 is 2.52 bits per heavy atom. The van der Waals surface area contributed by atoms with E-state index in [0.717, 1.165) is 43.6 Å². The fourth-order valence-corrected chi connectivity index (χ4v) is 4.32. The Hall–Kier alpha value is -2.21. The lowest BCUT2D eigenvalue weighted by Crippen LogP contribution is -2.45. The van der Waals surface area contributed by atoms with Crippen molar-refractivity contribution < 1.29 is 13.9 Å². The van der Waals surface area contributed by atoms with Gasteiger partial charge < -0.3 is 9.64 Å². The second-order valence-electron chi connectivity index (χ2n) is 7.26. The minimum Gasteiger partial charge on any atom is -0.458 e. The van der Waals surface area contributed by atoms with Gasteiger partial charge in [-0.3, -0.25) is 4.79 Å². The molecule has 2 aromatic rings. The van der Waals surface area contributed by atoms with Gasteiger partial charge in [-0.1, -0.05) is 36.6 Å². The van der Waals surface area contributed by atoms with Gasteiger partial charge in [0.15, 0.2) is 5.82 Å². The average molecular weight is 390 g/mol. The molecule has 7 heteroatoms. The molecule has 27 heavy (non-hydrogen) atoms. The second-order valence-corrected chi connectivity index (χ2v) is 7.70. The van der Waals surface area contributed by atoms with Crippen molar-refractivity contribution in [2.24, 2.45) is 0 Å². The molecule has 0 bridgehead atoms. The van der Waals surface area contributed by atoms with Gasteiger partial charge in [0.2, 0.25) is 5.91 Å². The normalized spacial score (nSPS) is 21.4. The van der Waals surface area contributed by atoms with Crippen molar-refractivity contribution in [3.05, 3.63) is 53.1 Å². The van der Waals surface area contributed by atoms with E-state index in [9.17, 15) is 9.18 Å². The molecule has 1 aliphatic heterocycles. The van der Waals surface area contributed by atoms with Crippen LogP contribution < -0.4 is 4.74 Å². The summed E-state index contributed by atoms with van der Waals surface area (Å²) < 4.78 is 18.7. The number of ether oxygens (including phenoxy) is 1. The van der Waals surface area contributed by atoms with Crippen LogP contribution in [0.2, 0.25) is 5.02 Å². The molecule has 4 rings (SSSR count). The molecule has 1 saturated heterocycles. The first-order valence-electron chi connectivity index (χ1n) is 9.26. The molecular formula is C20H21ClFN3O2. The summed E-state index contributed by atoms with van der Waals surface area (Å²) in [5, 5.41) is 0.674. The monoisotopic (exact) mass is 389 g/mol. The standard InChI is InChI=1S/C20H21ClFN3O2/c21-15-5-3-14(4-6-15)20(8-1-2-9-20)18(26)25-10-7-17(13-25)27-19-23-11-16(22)12-24-19/h3-6,11-12,17H,1-2,7-10,13H2/t17-/m0/s1. The van der Waals surface area contributed by atoms with E-state index in [4.69, 9.17) is 16.3 Å². The molecule has 1 aliphatic carbocycles. The summed E-state index contributed by atoms with van der Waals surface area (Å²) in [7, 11) is 0. The highest BCUT2D eigenvalue weighted by Crippen LogP contribution is 2.43. The Morgan fingerprint density at radius 2 is 1.85 bits per heavy atom. The van der Waals surface area contributed by atoms with Crippen LogP contribution in [-0.2, 0) is 10.2 Å². The maximum Gasteiger partial charge on any atom is 0.316 e. The zero-order valence-electron chi connectivity index (χ0n) is 14.9. The van der Waals surface area contributed by atoms with Crippen molar-refractivity contribution in [3.8, 4) is 6.01 Å². The number of hydrogen-bond donors (Lipinski definition) is 0. The van der Waals surface area contributed by atoms with Gasteiger partial charge in [-0.2, -0.15) is 0 Å². The molecule has 0 radical (unpaired) electrons. The first-order chi connectivity index (χ1) is 13.1. The molecule has 1 saturated carbocycles. The Bertz CT molecular complexity index is 807. The van der Waals surface area contributed by atoms with Crippen LogP contribution in [-0.4, -0.2) is 40.0 Å². The molecule has 1 atom stereocenters. The van der Waals surface area contributed by atoms with Crippen molar-refractivity contribution in [1.29, 1.82) is 0 Å². The number of halogens is 2. The Morgan fingerprint density at radius 1 is 1.19 bits per heavy atom. The number of nitrogens with zero attached hydrogens (tertiary/aromatic N) is 3. The van der Waals surface area contributed by atoms with Gasteiger partial charge in [-0.25, -0.2) is 14.4 Å². The summed E-state index contributed by atoms with van der Waals surface area (Å²) in [4.78, 5) is 23.0. The van der Waals surface area contributed by atoms with Crippen LogP contribution in [0.25, 0.3) is 0 Å². The summed E-state index contributed by atoms with van der Waals surface area (Å²) in [5.41, 5.74) is 0.576. The molecule has 1 aromatic carbocycles. The molecule has 2 heterocycles. The van der Waals surface area contributed by atoms with Gasteiger partial charge in [0, 0.05) is 18.0 Å². The number of amides is 1. The molecule has 2 aliphatic rings. The fourth-order valence-electron chi connectivity index (χ4n) is 4.20. The highest BCUT2D eigenvalue weighted by molar-refractivity contribution is 6.30. The van der Waals surface area contributed by atoms with E-state index in [0.29, 0.717) is 24.5 Å². The number of rotatable bonds is 4. The van der Waals surface area contributed by atoms with Crippen LogP contribution >= 0.6 is 11.6 Å². The van der Waals surface area contributed by atoms with Crippen LogP contribution in [0.4, 0.5) is 4.39 Å². The lowest BCUT2D eigenvalue weighted by Gasteiger charge is -2.33. The number of likely N-dealkylation sites (tertiary alicyclic amines) is 1. The molecule has 0 spiro atoms. The van der Waals surface area contributed by atoms with Crippen LogP contribution in [0.15, 0.2) is 36.7 Å². The number of aromatic nitrogens is 2. The quantitative estimate of drug-likeness (QED) is 0.798. The third kappa shape index (κ3) is 3.63. The third-order valence-electron chi connectivity index (χ3n) is 5.56. The number of carbonyl (C=O) groups is 1. The SMILES string of the molecule is O=C(N1CC[C@H](Oc2ncc(F)cn2)C1)C1(c2ccc(Cl)cc2)CCCC1. The molecular weight excluding hydrogens is 369 g/mol. The van der Waals surface area contributed by atoms with E-state index in [1.807, 2.05) is 29.2 Å². The van der Waals surface area contributed by atoms with Gasteiger partial charge in [-0.15, -0.1) is 0 Å². The van der Waals surface area contributed by atoms with Gasteiger partial charge in [0.25, 0.3) is 0 Å². The molecule has 1 aromatic heterocycles. The highest BCUT2D eigenvalue weighted by Gasteiger charge is 2.46. The summed E-state index contributed by atoms with van der Waals surface area (Å²) in [6.07, 6.45) is 6.50. The summed E-state index contributed by atoms with van der Waals surface area (Å²) in [6.45, 7) is 1.13. The van der Waals surface area contributed by atoms with Crippen molar-refractivity contribution in [1.82, 2.24) is 14.9 Å². The topological polar surface area (TPSA) is 55.3 Å². The van der Waals surface area contributed by atoms with Crippen LogP contribution in [0.1, 0.15) is 37.7 Å². The minimum atomic E-state index is -0.503. The van der Waals surface area contributed by atoms with Gasteiger partial charge in [-0.05, 0) is 30.5 Å².